The van der Waals surface area contributed by atoms with E-state index >= 15 is 0 Å². The van der Waals surface area contributed by atoms with E-state index in [2.05, 4.69) is 126 Å². The summed E-state index contributed by atoms with van der Waals surface area (Å²) in [6.45, 7) is 0.843. The zero-order valence-electron chi connectivity index (χ0n) is 17.5. The van der Waals surface area contributed by atoms with Crippen molar-refractivity contribution in [1.29, 1.82) is 0 Å². The quantitative estimate of drug-likeness (QED) is 0.369. The molecule has 4 aromatic carbocycles. The number of benzene rings is 4. The van der Waals surface area contributed by atoms with Gasteiger partial charge in [-0.25, -0.2) is 0 Å². The highest BCUT2D eigenvalue weighted by Gasteiger charge is 2.37. The Hall–Kier alpha value is -3.65. The molecule has 0 bridgehead atoms. The molecule has 2 nitrogen and oxygen atoms in total. The summed E-state index contributed by atoms with van der Waals surface area (Å²) < 4.78 is 0. The van der Waals surface area contributed by atoms with Crippen LogP contribution in [0.3, 0.4) is 0 Å². The van der Waals surface area contributed by atoms with E-state index in [-0.39, 0.29) is 12.1 Å². The number of nitrogens with zero attached hydrogens (tertiary/aromatic N) is 2. The molecule has 0 radical (unpaired) electrons. The van der Waals surface area contributed by atoms with Crippen LogP contribution in [0.5, 0.6) is 0 Å². The van der Waals surface area contributed by atoms with Crippen LogP contribution in [0.1, 0.15) is 28.3 Å². The Morgan fingerprint density at radius 2 is 1.10 bits per heavy atom. The van der Waals surface area contributed by atoms with Crippen LogP contribution in [0.2, 0.25) is 0 Å². The van der Waals surface area contributed by atoms with Gasteiger partial charge >= 0.3 is 0 Å². The molecule has 5 rings (SSSR count). The van der Waals surface area contributed by atoms with Crippen LogP contribution in [0, 0.1) is 0 Å². The first-order valence-corrected chi connectivity index (χ1v) is 10.9. The van der Waals surface area contributed by atoms with E-state index in [1.54, 1.807) is 0 Å². The Labute approximate surface area is 184 Å². The molecule has 2 atom stereocenters. The lowest BCUT2D eigenvalue weighted by molar-refractivity contribution is 0.296. The van der Waals surface area contributed by atoms with Crippen LogP contribution < -0.4 is 0 Å². The largest absolute Gasteiger partial charge is 0.346 e. The second kappa shape index (κ2) is 9.01. The Morgan fingerprint density at radius 3 is 1.71 bits per heavy atom. The number of aliphatic imine (C=N–C) groups is 1. The molecular weight excluding hydrogens is 376 g/mol. The second-order valence-electron chi connectivity index (χ2n) is 8.04. The standard InChI is InChI=1S/C29H26N2/c1-5-13-23(14-6-1)21-27-28(25-17-9-3-10-18-25)30-29(26-19-11-4-12-20-26)31(27)22-24-15-7-2-8-16-24/h1-20,27-28H,21-22H2/t27-,28+/m1/s1. The minimum Gasteiger partial charge on any atom is -0.346 e. The topological polar surface area (TPSA) is 15.6 Å². The molecule has 2 heteroatoms. The summed E-state index contributed by atoms with van der Waals surface area (Å²) in [5.41, 5.74) is 5.09. The molecule has 152 valence electrons. The van der Waals surface area contributed by atoms with E-state index in [1.807, 2.05) is 0 Å². The molecule has 0 aromatic heterocycles. The Balaban J connectivity index is 1.59. The molecule has 0 aliphatic carbocycles. The first-order valence-electron chi connectivity index (χ1n) is 10.9. The van der Waals surface area contributed by atoms with Crippen molar-refractivity contribution in [3.63, 3.8) is 0 Å². The van der Waals surface area contributed by atoms with Crippen molar-refractivity contribution in [3.8, 4) is 0 Å². The van der Waals surface area contributed by atoms with Gasteiger partial charge < -0.3 is 4.90 Å². The van der Waals surface area contributed by atoms with Crippen LogP contribution in [0.4, 0.5) is 0 Å². The van der Waals surface area contributed by atoms with Crippen molar-refractivity contribution >= 4 is 5.84 Å². The molecule has 0 unspecified atom stereocenters. The van der Waals surface area contributed by atoms with Crippen molar-refractivity contribution in [2.24, 2.45) is 4.99 Å². The third kappa shape index (κ3) is 4.29. The Kier molecular flexibility index (Phi) is 5.62. The molecule has 0 fully saturated rings. The van der Waals surface area contributed by atoms with E-state index < -0.39 is 0 Å². The van der Waals surface area contributed by atoms with Gasteiger partial charge in [0, 0.05) is 12.1 Å². The lowest BCUT2D eigenvalue weighted by Crippen LogP contribution is -2.39. The maximum absolute atomic E-state index is 5.33. The Bertz CT molecular complexity index is 1120. The monoisotopic (exact) mass is 402 g/mol. The SMILES string of the molecule is c1ccc(C[C@@H]2[C@H](c3ccccc3)N=C(c3ccccc3)N2Cc2ccccc2)cc1. The van der Waals surface area contributed by atoms with Crippen molar-refractivity contribution in [1.82, 2.24) is 4.90 Å². The molecular formula is C29H26N2. The van der Waals surface area contributed by atoms with E-state index in [1.165, 1.54) is 22.3 Å². The summed E-state index contributed by atoms with van der Waals surface area (Å²) in [6, 6.07) is 43.2. The van der Waals surface area contributed by atoms with Crippen LogP contribution in [0.15, 0.2) is 126 Å². The molecule has 0 N–H and O–H groups in total. The third-order valence-electron chi connectivity index (χ3n) is 5.95. The summed E-state index contributed by atoms with van der Waals surface area (Å²) in [5.74, 6) is 1.08. The highest BCUT2D eigenvalue weighted by atomic mass is 15.3. The normalized spacial score (nSPS) is 18.1. The smallest absolute Gasteiger partial charge is 0.132 e. The molecule has 0 saturated carbocycles. The molecule has 1 aliphatic heterocycles. The van der Waals surface area contributed by atoms with Gasteiger partial charge in [-0.3, -0.25) is 4.99 Å². The molecule has 1 aliphatic rings. The minimum absolute atomic E-state index is 0.0975. The summed E-state index contributed by atoms with van der Waals surface area (Å²) in [4.78, 5) is 7.84. The van der Waals surface area contributed by atoms with E-state index in [9.17, 15) is 0 Å². The Morgan fingerprint density at radius 1 is 0.581 bits per heavy atom. The van der Waals surface area contributed by atoms with Gasteiger partial charge in [0.15, 0.2) is 0 Å². The predicted molar refractivity (Wildman–Crippen MR) is 128 cm³/mol. The van der Waals surface area contributed by atoms with Crippen LogP contribution in [-0.4, -0.2) is 16.8 Å². The minimum atomic E-state index is 0.0975. The lowest BCUT2D eigenvalue weighted by Gasteiger charge is -2.31. The number of hydrogen-bond acceptors (Lipinski definition) is 2. The summed E-state index contributed by atoms with van der Waals surface area (Å²) >= 11 is 0. The third-order valence-corrected chi connectivity index (χ3v) is 5.95. The first kappa shape index (κ1) is 19.3. The second-order valence-corrected chi connectivity index (χ2v) is 8.04. The summed E-state index contributed by atoms with van der Waals surface area (Å²) in [7, 11) is 0. The fraction of sp³-hybridized carbons (Fsp3) is 0.138. The summed E-state index contributed by atoms with van der Waals surface area (Å²) in [6.07, 6.45) is 0.951. The van der Waals surface area contributed by atoms with E-state index in [0.717, 1.165) is 18.8 Å². The molecule has 0 saturated heterocycles. The summed E-state index contributed by atoms with van der Waals surface area (Å²) in [5, 5.41) is 0. The zero-order valence-corrected chi connectivity index (χ0v) is 17.5. The van der Waals surface area contributed by atoms with Crippen LogP contribution >= 0.6 is 0 Å². The molecule has 31 heavy (non-hydrogen) atoms. The van der Waals surface area contributed by atoms with Gasteiger partial charge in [0.05, 0.1) is 12.1 Å². The van der Waals surface area contributed by atoms with Gasteiger partial charge in [0.25, 0.3) is 0 Å². The van der Waals surface area contributed by atoms with Gasteiger partial charge in [-0.05, 0) is 23.1 Å². The van der Waals surface area contributed by atoms with Crippen molar-refractivity contribution < 1.29 is 0 Å². The molecule has 1 heterocycles. The van der Waals surface area contributed by atoms with Crippen LogP contribution in [-0.2, 0) is 13.0 Å². The molecule has 0 spiro atoms. The number of hydrogen-bond donors (Lipinski definition) is 0. The average Bonchev–Trinajstić information content (AvgIpc) is 3.19. The number of amidine groups is 1. The lowest BCUT2D eigenvalue weighted by atomic mass is 9.93. The highest BCUT2D eigenvalue weighted by Crippen LogP contribution is 2.36. The average molecular weight is 403 g/mol. The number of rotatable bonds is 6. The predicted octanol–water partition coefficient (Wildman–Crippen LogP) is 6.30. The van der Waals surface area contributed by atoms with Gasteiger partial charge in [0.2, 0.25) is 0 Å². The fourth-order valence-corrected chi connectivity index (χ4v) is 4.44. The molecule has 0 amide bonds. The first-order chi connectivity index (χ1) is 15.4. The zero-order chi connectivity index (χ0) is 20.9. The molecule has 4 aromatic rings. The maximum Gasteiger partial charge on any atom is 0.132 e. The van der Waals surface area contributed by atoms with E-state index in [0.29, 0.717) is 0 Å². The van der Waals surface area contributed by atoms with Gasteiger partial charge in [0.1, 0.15) is 5.84 Å². The van der Waals surface area contributed by atoms with Crippen molar-refractivity contribution in [2.75, 3.05) is 0 Å². The van der Waals surface area contributed by atoms with Gasteiger partial charge in [-0.15, -0.1) is 0 Å². The maximum atomic E-state index is 5.33. The van der Waals surface area contributed by atoms with E-state index in [4.69, 9.17) is 4.99 Å². The van der Waals surface area contributed by atoms with Gasteiger partial charge in [-0.2, -0.15) is 0 Å². The van der Waals surface area contributed by atoms with Crippen LogP contribution in [0.25, 0.3) is 0 Å². The van der Waals surface area contributed by atoms with Crippen molar-refractivity contribution in [3.05, 3.63) is 144 Å². The van der Waals surface area contributed by atoms with Gasteiger partial charge in [-0.1, -0.05) is 121 Å². The van der Waals surface area contributed by atoms with Crippen molar-refractivity contribution in [2.45, 2.75) is 25.0 Å². The highest BCUT2D eigenvalue weighted by molar-refractivity contribution is 6.00. The fourth-order valence-electron chi connectivity index (χ4n) is 4.44.